The van der Waals surface area contributed by atoms with Gasteiger partial charge in [-0.15, -0.1) is 0 Å². The minimum Gasteiger partial charge on any atom is -0.379 e. The average molecular weight is 492 g/mol. The van der Waals surface area contributed by atoms with Gasteiger partial charge >= 0.3 is 6.03 Å². The maximum absolute atomic E-state index is 11.9. The molecular formula is C22H41N3O7S. The van der Waals surface area contributed by atoms with Crippen LogP contribution in [0.25, 0.3) is 0 Å². The Bertz CT molecular complexity index is 544. The quantitative estimate of drug-likeness (QED) is 0.160. The number of carbonyl (C=O) groups is 2. The number of ether oxygens (including phenoxy) is 5. The SMILES string of the molecule is CCOCCOCCOCCOCCOCCNC(=O)CCCC[C@@H]1SC[C@@H]2NC(=O)N[C@@H]21. The molecule has 0 saturated carbocycles. The monoisotopic (exact) mass is 491 g/mol. The largest absolute Gasteiger partial charge is 0.379 e. The van der Waals surface area contributed by atoms with Gasteiger partial charge in [0.2, 0.25) is 5.91 Å². The number of hydrogen-bond acceptors (Lipinski definition) is 8. The summed E-state index contributed by atoms with van der Waals surface area (Å²) in [5.41, 5.74) is 0. The number of carbonyl (C=O) groups excluding carboxylic acids is 2. The molecule has 0 unspecified atom stereocenters. The Hall–Kier alpha value is -1.11. The molecule has 0 bridgehead atoms. The highest BCUT2D eigenvalue weighted by molar-refractivity contribution is 8.00. The number of nitrogens with one attached hydrogen (secondary N) is 3. The van der Waals surface area contributed by atoms with Gasteiger partial charge in [-0.25, -0.2) is 4.79 Å². The highest BCUT2D eigenvalue weighted by atomic mass is 32.2. The molecule has 2 fully saturated rings. The third kappa shape index (κ3) is 12.8. The average Bonchev–Trinajstić information content (AvgIpc) is 3.35. The molecule has 192 valence electrons. The molecule has 2 heterocycles. The van der Waals surface area contributed by atoms with Crippen LogP contribution in [-0.2, 0) is 28.5 Å². The molecule has 3 atom stereocenters. The van der Waals surface area contributed by atoms with Crippen molar-refractivity contribution in [2.75, 3.05) is 78.4 Å². The van der Waals surface area contributed by atoms with Crippen molar-refractivity contribution in [3.8, 4) is 0 Å². The van der Waals surface area contributed by atoms with Gasteiger partial charge in [0, 0.05) is 30.6 Å². The lowest BCUT2D eigenvalue weighted by molar-refractivity contribution is -0.121. The Morgan fingerprint density at radius 1 is 0.909 bits per heavy atom. The smallest absolute Gasteiger partial charge is 0.315 e. The molecule has 0 aromatic rings. The zero-order chi connectivity index (χ0) is 23.6. The van der Waals surface area contributed by atoms with Crippen molar-refractivity contribution < 1.29 is 33.3 Å². The highest BCUT2D eigenvalue weighted by Gasteiger charge is 2.42. The van der Waals surface area contributed by atoms with Crippen LogP contribution in [0.15, 0.2) is 0 Å². The fourth-order valence-corrected chi connectivity index (χ4v) is 5.19. The van der Waals surface area contributed by atoms with Crippen LogP contribution in [-0.4, -0.2) is 108 Å². The zero-order valence-electron chi connectivity index (χ0n) is 19.8. The molecule has 0 aromatic carbocycles. The predicted octanol–water partition coefficient (Wildman–Crippen LogP) is 0.931. The lowest BCUT2D eigenvalue weighted by Crippen LogP contribution is -2.36. The number of thioether (sulfide) groups is 1. The van der Waals surface area contributed by atoms with Crippen LogP contribution in [0.3, 0.4) is 0 Å². The molecule has 2 aliphatic heterocycles. The van der Waals surface area contributed by atoms with E-state index in [4.69, 9.17) is 23.7 Å². The van der Waals surface area contributed by atoms with Crippen molar-refractivity contribution in [3.05, 3.63) is 0 Å². The first-order chi connectivity index (χ1) is 16.2. The van der Waals surface area contributed by atoms with E-state index in [1.807, 2.05) is 18.7 Å². The van der Waals surface area contributed by atoms with Crippen LogP contribution in [0.1, 0.15) is 32.6 Å². The van der Waals surface area contributed by atoms with Crippen molar-refractivity contribution in [2.24, 2.45) is 0 Å². The van der Waals surface area contributed by atoms with Crippen molar-refractivity contribution in [1.82, 2.24) is 16.0 Å². The normalized spacial score (nSPS) is 21.6. The van der Waals surface area contributed by atoms with Gasteiger partial charge < -0.3 is 39.6 Å². The summed E-state index contributed by atoms with van der Waals surface area (Å²) in [5.74, 6) is 1.03. The lowest BCUT2D eigenvalue weighted by atomic mass is 10.0. The number of rotatable bonds is 21. The van der Waals surface area contributed by atoms with Crippen LogP contribution in [0.5, 0.6) is 0 Å². The summed E-state index contributed by atoms with van der Waals surface area (Å²) in [4.78, 5) is 23.3. The molecule has 0 radical (unpaired) electrons. The van der Waals surface area contributed by atoms with E-state index in [1.54, 1.807) is 0 Å². The van der Waals surface area contributed by atoms with Crippen molar-refractivity contribution >= 4 is 23.7 Å². The van der Waals surface area contributed by atoms with Crippen molar-refractivity contribution in [3.63, 3.8) is 0 Å². The van der Waals surface area contributed by atoms with E-state index in [1.165, 1.54) is 0 Å². The summed E-state index contributed by atoms with van der Waals surface area (Å²) in [5, 5.41) is 9.28. The van der Waals surface area contributed by atoms with E-state index >= 15 is 0 Å². The molecule has 33 heavy (non-hydrogen) atoms. The summed E-state index contributed by atoms with van der Waals surface area (Å²) in [7, 11) is 0. The van der Waals surface area contributed by atoms with Gasteiger partial charge in [-0.2, -0.15) is 11.8 Å². The predicted molar refractivity (Wildman–Crippen MR) is 127 cm³/mol. The molecule has 2 rings (SSSR count). The standard InChI is InChI=1S/C22H41N3O7S/c1-2-28-9-10-30-13-14-32-16-15-31-12-11-29-8-7-23-20(26)6-4-3-5-19-21-18(17-33-19)24-22(27)25-21/h18-19,21H,2-17H2,1H3,(H,23,26)(H2,24,25,27)/t18-,19-,21-/m0/s1. The Balaban J connectivity index is 1.27. The van der Waals surface area contributed by atoms with E-state index in [2.05, 4.69) is 16.0 Å². The molecule has 2 saturated heterocycles. The van der Waals surface area contributed by atoms with E-state index < -0.39 is 0 Å². The summed E-state index contributed by atoms with van der Waals surface area (Å²) >= 11 is 1.91. The topological polar surface area (TPSA) is 116 Å². The van der Waals surface area contributed by atoms with Crippen molar-refractivity contribution in [2.45, 2.75) is 49.9 Å². The van der Waals surface area contributed by atoms with Gasteiger partial charge in [-0.1, -0.05) is 6.42 Å². The maximum atomic E-state index is 11.9. The van der Waals surface area contributed by atoms with Gasteiger partial charge in [0.15, 0.2) is 0 Å². The maximum Gasteiger partial charge on any atom is 0.315 e. The molecular weight excluding hydrogens is 450 g/mol. The molecule has 2 aliphatic rings. The van der Waals surface area contributed by atoms with Crippen LogP contribution in [0.4, 0.5) is 4.79 Å². The summed E-state index contributed by atoms with van der Waals surface area (Å²) < 4.78 is 26.8. The highest BCUT2D eigenvalue weighted by Crippen LogP contribution is 2.33. The number of urea groups is 1. The van der Waals surface area contributed by atoms with Gasteiger partial charge in [-0.05, 0) is 19.8 Å². The van der Waals surface area contributed by atoms with Crippen LogP contribution < -0.4 is 16.0 Å². The number of fused-ring (bicyclic) bond motifs is 1. The second-order valence-electron chi connectivity index (χ2n) is 7.86. The third-order valence-electron chi connectivity index (χ3n) is 5.34. The zero-order valence-corrected chi connectivity index (χ0v) is 20.6. The van der Waals surface area contributed by atoms with E-state index in [-0.39, 0.29) is 24.0 Å². The molecule has 0 aliphatic carbocycles. The first-order valence-corrected chi connectivity index (χ1v) is 13.1. The fourth-order valence-electron chi connectivity index (χ4n) is 3.65. The summed E-state index contributed by atoms with van der Waals surface area (Å²) in [6, 6.07) is 0.444. The van der Waals surface area contributed by atoms with Gasteiger partial charge in [0.1, 0.15) is 0 Å². The lowest BCUT2D eigenvalue weighted by Gasteiger charge is -2.16. The van der Waals surface area contributed by atoms with Crippen LogP contribution >= 0.6 is 11.8 Å². The first-order valence-electron chi connectivity index (χ1n) is 12.0. The van der Waals surface area contributed by atoms with E-state index in [0.717, 1.165) is 25.0 Å². The Labute approximate surface area is 201 Å². The first kappa shape index (κ1) is 28.1. The van der Waals surface area contributed by atoms with Gasteiger partial charge in [-0.3, -0.25) is 4.79 Å². The third-order valence-corrected chi connectivity index (χ3v) is 6.85. The molecule has 3 amide bonds. The molecule has 0 aromatic heterocycles. The van der Waals surface area contributed by atoms with Crippen LogP contribution in [0, 0.1) is 0 Å². The number of unbranched alkanes of at least 4 members (excludes halogenated alkanes) is 1. The summed E-state index contributed by atoms with van der Waals surface area (Å²) in [6.07, 6.45) is 3.40. The Morgan fingerprint density at radius 2 is 1.52 bits per heavy atom. The van der Waals surface area contributed by atoms with E-state index in [9.17, 15) is 9.59 Å². The second-order valence-corrected chi connectivity index (χ2v) is 9.14. The molecule has 0 spiro atoms. The Morgan fingerprint density at radius 3 is 2.15 bits per heavy atom. The minimum absolute atomic E-state index is 0.0524. The van der Waals surface area contributed by atoms with Crippen LogP contribution in [0.2, 0.25) is 0 Å². The second kappa shape index (κ2) is 18.2. The fraction of sp³-hybridized carbons (Fsp3) is 0.909. The Kier molecular flexibility index (Phi) is 15.6. The summed E-state index contributed by atoms with van der Waals surface area (Å²) in [6.45, 7) is 7.97. The minimum atomic E-state index is -0.0524. The van der Waals surface area contributed by atoms with E-state index in [0.29, 0.717) is 84.3 Å². The molecule has 10 nitrogen and oxygen atoms in total. The molecule has 11 heteroatoms. The molecule has 3 N–H and O–H groups in total. The van der Waals surface area contributed by atoms with Gasteiger partial charge in [0.25, 0.3) is 0 Å². The number of hydrogen-bond donors (Lipinski definition) is 3. The van der Waals surface area contributed by atoms with Gasteiger partial charge in [0.05, 0.1) is 71.5 Å². The van der Waals surface area contributed by atoms with Crippen molar-refractivity contribution in [1.29, 1.82) is 0 Å². The number of amides is 3.